The summed E-state index contributed by atoms with van der Waals surface area (Å²) in [5.41, 5.74) is 0.391. The van der Waals surface area contributed by atoms with Crippen molar-refractivity contribution in [2.24, 2.45) is 0 Å². The van der Waals surface area contributed by atoms with Gasteiger partial charge in [0.1, 0.15) is 5.75 Å². The summed E-state index contributed by atoms with van der Waals surface area (Å²) < 4.78 is 40.5. The topological polar surface area (TPSA) is 89.1 Å². The molecule has 3 fully saturated rings. The van der Waals surface area contributed by atoms with E-state index in [0.717, 1.165) is 19.4 Å². The number of ether oxygens (including phenoxy) is 3. The lowest BCUT2D eigenvalue weighted by molar-refractivity contribution is -0.286. The Balaban J connectivity index is 1.14. The quantitative estimate of drug-likeness (QED) is 0.589. The number of nitrogens with one attached hydrogen (secondary N) is 2. The fraction of sp³-hybridized carbons (Fsp3) is 0.458. The lowest BCUT2D eigenvalue weighted by atomic mass is 9.60. The maximum absolute atomic E-state index is 13.1. The van der Waals surface area contributed by atoms with Crippen molar-refractivity contribution in [1.82, 2.24) is 10.6 Å². The summed E-state index contributed by atoms with van der Waals surface area (Å²) in [4.78, 5) is 12.6. The summed E-state index contributed by atoms with van der Waals surface area (Å²) in [6.45, 7) is 0.435. The highest BCUT2D eigenvalue weighted by atomic mass is 19.3. The van der Waals surface area contributed by atoms with Crippen LogP contribution in [-0.2, 0) is 11.3 Å². The number of carbonyl (C=O) groups is 1. The van der Waals surface area contributed by atoms with Crippen LogP contribution in [0.15, 0.2) is 48.5 Å². The molecule has 0 saturated heterocycles. The summed E-state index contributed by atoms with van der Waals surface area (Å²) in [5, 5.41) is 17.5. The van der Waals surface area contributed by atoms with Gasteiger partial charge in [-0.25, -0.2) is 0 Å². The molecule has 1 aliphatic heterocycles. The second kappa shape index (κ2) is 8.14. The number of aliphatic hydroxyl groups excluding tert-OH is 1. The number of alkyl halides is 2. The first kappa shape index (κ1) is 21.9. The van der Waals surface area contributed by atoms with E-state index in [1.54, 1.807) is 0 Å². The van der Waals surface area contributed by atoms with Gasteiger partial charge in [-0.2, -0.15) is 0 Å². The van der Waals surface area contributed by atoms with Gasteiger partial charge in [0.05, 0.1) is 11.6 Å². The molecule has 3 saturated carbocycles. The number of rotatable bonds is 7. The van der Waals surface area contributed by atoms with E-state index in [-0.39, 0.29) is 35.3 Å². The second-order valence-electron chi connectivity index (χ2n) is 9.11. The van der Waals surface area contributed by atoms with Gasteiger partial charge in [0, 0.05) is 18.2 Å². The van der Waals surface area contributed by atoms with Gasteiger partial charge >= 0.3 is 6.29 Å². The molecule has 176 valence electrons. The Morgan fingerprint density at radius 3 is 2.52 bits per heavy atom. The smallest absolute Gasteiger partial charge is 0.484 e. The van der Waals surface area contributed by atoms with Gasteiger partial charge in [-0.15, -0.1) is 8.78 Å². The highest BCUT2D eigenvalue weighted by Gasteiger charge is 2.54. The third-order valence-electron chi connectivity index (χ3n) is 6.96. The lowest BCUT2D eigenvalue weighted by Gasteiger charge is -2.56. The number of amides is 1. The van der Waals surface area contributed by atoms with Crippen molar-refractivity contribution in [3.8, 4) is 17.2 Å². The lowest BCUT2D eigenvalue weighted by Crippen LogP contribution is -2.69. The molecule has 0 spiro atoms. The number of fused-ring (bicyclic) bond motifs is 4. The molecule has 9 heteroatoms. The van der Waals surface area contributed by atoms with Crippen LogP contribution in [0.3, 0.4) is 0 Å². The van der Waals surface area contributed by atoms with E-state index in [9.17, 15) is 18.7 Å². The summed E-state index contributed by atoms with van der Waals surface area (Å²) >= 11 is 0. The third kappa shape index (κ3) is 4.47. The molecule has 0 unspecified atom stereocenters. The van der Waals surface area contributed by atoms with Gasteiger partial charge < -0.3 is 30.0 Å². The zero-order valence-corrected chi connectivity index (χ0v) is 18.0. The fourth-order valence-electron chi connectivity index (χ4n) is 5.10. The molecular weight excluding hydrogens is 434 g/mol. The maximum atomic E-state index is 13.1. The standard InChI is InChI=1S/C24H26F2N2O5/c25-24(26)32-18-7-6-17(12-19(18)33-24)31-15-21(30)28-23-10-8-22(9-11-23,13-20(23)29)27-14-16-4-2-1-3-5-16/h1-7,12,20,27,29H,8-11,13-15H2,(H,28,30)/t20-,22?,23?/m1/s1. The minimum Gasteiger partial charge on any atom is -0.484 e. The minimum absolute atomic E-state index is 0.0902. The molecule has 3 N–H and O–H groups in total. The first-order valence-electron chi connectivity index (χ1n) is 11.1. The molecule has 1 amide bonds. The predicted molar refractivity (Wildman–Crippen MR) is 114 cm³/mol. The Morgan fingerprint density at radius 1 is 1.06 bits per heavy atom. The van der Waals surface area contributed by atoms with Crippen molar-refractivity contribution in [2.75, 3.05) is 6.61 Å². The van der Waals surface area contributed by atoms with Gasteiger partial charge in [0.25, 0.3) is 5.91 Å². The zero-order valence-electron chi connectivity index (χ0n) is 18.0. The van der Waals surface area contributed by atoms with Gasteiger partial charge in [0.2, 0.25) is 0 Å². The third-order valence-corrected chi connectivity index (χ3v) is 6.96. The highest BCUT2D eigenvalue weighted by molar-refractivity contribution is 5.78. The number of halogens is 2. The van der Waals surface area contributed by atoms with Gasteiger partial charge in [-0.1, -0.05) is 30.3 Å². The average Bonchev–Trinajstić information content (AvgIpc) is 3.11. The minimum atomic E-state index is -3.71. The second-order valence-corrected chi connectivity index (χ2v) is 9.11. The van der Waals surface area contributed by atoms with Gasteiger partial charge in [-0.3, -0.25) is 4.79 Å². The Kier molecular flexibility index (Phi) is 5.41. The molecule has 3 aliphatic carbocycles. The van der Waals surface area contributed by atoms with Crippen LogP contribution in [0.2, 0.25) is 0 Å². The van der Waals surface area contributed by atoms with Crippen LogP contribution in [-0.4, -0.2) is 41.1 Å². The molecular formula is C24H26F2N2O5. The number of hydrogen-bond acceptors (Lipinski definition) is 6. The maximum Gasteiger partial charge on any atom is 0.586 e. The summed E-state index contributed by atoms with van der Waals surface area (Å²) in [7, 11) is 0. The van der Waals surface area contributed by atoms with Crippen LogP contribution >= 0.6 is 0 Å². The molecule has 1 atom stereocenters. The predicted octanol–water partition coefficient (Wildman–Crippen LogP) is 3.11. The van der Waals surface area contributed by atoms with E-state index in [1.165, 1.54) is 23.8 Å². The number of hydrogen-bond donors (Lipinski definition) is 3. The van der Waals surface area contributed by atoms with Crippen molar-refractivity contribution >= 4 is 5.91 Å². The highest BCUT2D eigenvalue weighted by Crippen LogP contribution is 2.47. The van der Waals surface area contributed by atoms with E-state index in [4.69, 9.17) is 4.74 Å². The first-order valence-corrected chi connectivity index (χ1v) is 11.1. The molecule has 0 aromatic heterocycles. The van der Waals surface area contributed by atoms with E-state index in [2.05, 4.69) is 32.2 Å². The molecule has 2 bridgehead atoms. The summed E-state index contributed by atoms with van der Waals surface area (Å²) in [5.74, 6) is -0.401. The largest absolute Gasteiger partial charge is 0.586 e. The van der Waals surface area contributed by atoms with Crippen LogP contribution in [0.5, 0.6) is 17.2 Å². The fourth-order valence-corrected chi connectivity index (χ4v) is 5.10. The number of benzene rings is 2. The molecule has 0 radical (unpaired) electrons. The molecule has 2 aromatic rings. The number of carbonyl (C=O) groups excluding carboxylic acids is 1. The van der Waals surface area contributed by atoms with Crippen LogP contribution in [0.1, 0.15) is 37.7 Å². The first-order chi connectivity index (χ1) is 15.8. The normalized spacial score (nSPS) is 29.0. The Labute approximate surface area is 190 Å². The molecule has 6 rings (SSSR count). The average molecular weight is 460 g/mol. The van der Waals surface area contributed by atoms with Gasteiger partial charge in [0.15, 0.2) is 18.1 Å². The molecule has 4 aliphatic rings. The van der Waals surface area contributed by atoms with Crippen LogP contribution in [0.25, 0.3) is 0 Å². The Bertz CT molecular complexity index is 1020. The van der Waals surface area contributed by atoms with E-state index in [0.29, 0.717) is 19.3 Å². The van der Waals surface area contributed by atoms with Gasteiger partial charge in [-0.05, 0) is 49.8 Å². The SMILES string of the molecule is O=C(COc1ccc2c(c1)OC(F)(F)O2)NC12CCC(NCc3ccccc3)(CC1)C[C@H]2O. The van der Waals surface area contributed by atoms with Crippen molar-refractivity contribution in [1.29, 1.82) is 0 Å². The van der Waals surface area contributed by atoms with E-state index >= 15 is 0 Å². The van der Waals surface area contributed by atoms with Crippen LogP contribution < -0.4 is 24.8 Å². The van der Waals surface area contributed by atoms with Crippen molar-refractivity contribution in [3.05, 3.63) is 54.1 Å². The molecule has 1 heterocycles. The molecule has 7 nitrogen and oxygen atoms in total. The summed E-state index contributed by atoms with van der Waals surface area (Å²) in [6.07, 6.45) is -0.761. The van der Waals surface area contributed by atoms with E-state index in [1.807, 2.05) is 18.2 Å². The zero-order chi connectivity index (χ0) is 23.1. The monoisotopic (exact) mass is 460 g/mol. The number of aliphatic hydroxyl groups is 1. The molecule has 2 aromatic carbocycles. The Hall–Kier alpha value is -2.91. The summed E-state index contributed by atoms with van der Waals surface area (Å²) in [6, 6.07) is 14.1. The van der Waals surface area contributed by atoms with Crippen molar-refractivity contribution in [2.45, 2.75) is 62.1 Å². The van der Waals surface area contributed by atoms with Crippen LogP contribution in [0.4, 0.5) is 8.78 Å². The molecule has 33 heavy (non-hydrogen) atoms. The van der Waals surface area contributed by atoms with Crippen molar-refractivity contribution < 1.29 is 32.9 Å². The van der Waals surface area contributed by atoms with E-state index < -0.39 is 17.9 Å². The Morgan fingerprint density at radius 2 is 1.79 bits per heavy atom. The van der Waals surface area contributed by atoms with Crippen LogP contribution in [0, 0.1) is 0 Å². The van der Waals surface area contributed by atoms with Crippen molar-refractivity contribution in [3.63, 3.8) is 0 Å².